The van der Waals surface area contributed by atoms with E-state index in [2.05, 4.69) is 36.2 Å². The Hall–Kier alpha value is -5.55. The summed E-state index contributed by atoms with van der Waals surface area (Å²) >= 11 is 0. The van der Waals surface area contributed by atoms with E-state index in [9.17, 15) is 27.6 Å². The largest absolute Gasteiger partial charge is 0.494 e. The molecule has 2 amide bonds. The summed E-state index contributed by atoms with van der Waals surface area (Å²) in [6.07, 6.45) is -2.31. The van der Waals surface area contributed by atoms with Gasteiger partial charge in [-0.05, 0) is 76.3 Å². The minimum atomic E-state index is -4.64. The number of carbonyl (C=O) groups excluding carboxylic acids is 3. The summed E-state index contributed by atoms with van der Waals surface area (Å²) in [5.74, 6) is -0.959. The number of benzene rings is 2. The highest BCUT2D eigenvalue weighted by molar-refractivity contribution is 5.99. The predicted octanol–water partition coefficient (Wildman–Crippen LogP) is 5.30. The van der Waals surface area contributed by atoms with E-state index in [1.54, 1.807) is 20.8 Å². The molecule has 5 rings (SSSR count). The third kappa shape index (κ3) is 13.3. The summed E-state index contributed by atoms with van der Waals surface area (Å²) in [5, 5.41) is 10.9. The van der Waals surface area contributed by atoms with Crippen LogP contribution in [-0.2, 0) is 20.8 Å². The molecule has 18 heteroatoms. The maximum absolute atomic E-state index is 13.5. The Bertz CT molecular complexity index is 1670. The lowest BCUT2D eigenvalue weighted by molar-refractivity contribution is -0.154. The SMILES string of the molecule is COC(=O)[C@@H](CNC(=O)OC(C)(C)C)NC(=O)c1ccc2cc1OCCCCCCOc1ccc(cc1)CNc1nc(nc(OCC(F)(F)F)n1)N2. The van der Waals surface area contributed by atoms with Gasteiger partial charge >= 0.3 is 24.2 Å². The zero-order valence-electron chi connectivity index (χ0n) is 29.2. The van der Waals surface area contributed by atoms with Crippen molar-refractivity contribution in [1.29, 1.82) is 0 Å². The summed E-state index contributed by atoms with van der Waals surface area (Å²) in [5.41, 5.74) is 0.387. The lowest BCUT2D eigenvalue weighted by Crippen LogP contribution is -2.49. The van der Waals surface area contributed by atoms with Crippen LogP contribution in [0.4, 0.5) is 35.5 Å². The lowest BCUT2D eigenvalue weighted by Gasteiger charge is -2.22. The predicted molar refractivity (Wildman–Crippen MR) is 182 cm³/mol. The van der Waals surface area contributed by atoms with Crippen molar-refractivity contribution in [2.75, 3.05) is 44.1 Å². The Morgan fingerprint density at radius 1 is 0.923 bits per heavy atom. The third-order valence-corrected chi connectivity index (χ3v) is 7.04. The number of anilines is 3. The molecule has 0 spiro atoms. The van der Waals surface area contributed by atoms with E-state index in [-0.39, 0.29) is 42.9 Å². The van der Waals surface area contributed by atoms with E-state index in [1.165, 1.54) is 18.2 Å². The van der Waals surface area contributed by atoms with Gasteiger partial charge in [-0.1, -0.05) is 12.1 Å². The van der Waals surface area contributed by atoms with E-state index >= 15 is 0 Å². The van der Waals surface area contributed by atoms with Crippen LogP contribution in [0.1, 0.15) is 62.4 Å². The first kappa shape index (κ1) is 39.2. The molecule has 0 fully saturated rings. The second kappa shape index (κ2) is 18.1. The first-order valence-corrected chi connectivity index (χ1v) is 16.5. The van der Waals surface area contributed by atoms with Crippen molar-refractivity contribution in [1.82, 2.24) is 25.6 Å². The smallest absolute Gasteiger partial charge is 0.422 e. The number of hydrogen-bond acceptors (Lipinski definition) is 13. The number of rotatable bonds is 7. The summed E-state index contributed by atoms with van der Waals surface area (Å²) in [7, 11) is 1.14. The first-order valence-electron chi connectivity index (χ1n) is 16.5. The fraction of sp³-hybridized carbons (Fsp3) is 0.471. The maximum atomic E-state index is 13.5. The number of alkyl carbamates (subject to hydrolysis) is 1. The van der Waals surface area contributed by atoms with Crippen LogP contribution in [0, 0.1) is 0 Å². The van der Waals surface area contributed by atoms with Gasteiger partial charge < -0.3 is 45.0 Å². The Morgan fingerprint density at radius 2 is 1.62 bits per heavy atom. The van der Waals surface area contributed by atoms with Gasteiger partial charge in [0.05, 0.1) is 32.4 Å². The van der Waals surface area contributed by atoms with Gasteiger partial charge in [-0.3, -0.25) is 4.79 Å². The highest BCUT2D eigenvalue weighted by Crippen LogP contribution is 2.27. The number of halogens is 3. The van der Waals surface area contributed by atoms with Gasteiger partial charge in [0.25, 0.3) is 5.91 Å². The summed E-state index contributed by atoms with van der Waals surface area (Å²) in [6, 6.07) is 9.83. The van der Waals surface area contributed by atoms with Crippen LogP contribution >= 0.6 is 0 Å². The normalized spacial score (nSPS) is 14.4. The molecule has 0 saturated carbocycles. The van der Waals surface area contributed by atoms with E-state index in [0.29, 0.717) is 24.5 Å². The van der Waals surface area contributed by atoms with E-state index in [4.69, 9.17) is 23.7 Å². The number of fused-ring (bicyclic) bond motifs is 10. The number of aromatic nitrogens is 3. The number of alkyl halides is 3. The minimum absolute atomic E-state index is 0.0419. The van der Waals surface area contributed by atoms with Crippen molar-refractivity contribution in [2.24, 2.45) is 0 Å². The number of amides is 2. The zero-order valence-corrected chi connectivity index (χ0v) is 29.2. The van der Waals surface area contributed by atoms with Crippen molar-refractivity contribution in [3.05, 3.63) is 53.6 Å². The van der Waals surface area contributed by atoms with Crippen LogP contribution in [-0.4, -0.2) is 84.2 Å². The number of esters is 1. The van der Waals surface area contributed by atoms with Gasteiger partial charge in [-0.2, -0.15) is 28.1 Å². The van der Waals surface area contributed by atoms with Crippen LogP contribution in [0.3, 0.4) is 0 Å². The van der Waals surface area contributed by atoms with Crippen LogP contribution in [0.15, 0.2) is 42.5 Å². The van der Waals surface area contributed by atoms with Gasteiger partial charge in [0.1, 0.15) is 23.1 Å². The molecule has 6 bridgehead atoms. The Labute approximate surface area is 298 Å². The molecule has 52 heavy (non-hydrogen) atoms. The monoisotopic (exact) mass is 733 g/mol. The van der Waals surface area contributed by atoms with Crippen molar-refractivity contribution in [3.8, 4) is 17.5 Å². The molecule has 0 aliphatic carbocycles. The average molecular weight is 734 g/mol. The topological polar surface area (TPSA) is 184 Å². The number of nitrogens with zero attached hydrogens (tertiary/aromatic N) is 3. The van der Waals surface area contributed by atoms with Crippen molar-refractivity contribution in [2.45, 2.75) is 70.8 Å². The highest BCUT2D eigenvalue weighted by atomic mass is 19.4. The Kier molecular flexibility index (Phi) is 13.7. The van der Waals surface area contributed by atoms with Crippen molar-refractivity contribution >= 4 is 35.6 Å². The van der Waals surface area contributed by atoms with Crippen molar-refractivity contribution in [3.63, 3.8) is 0 Å². The zero-order chi connectivity index (χ0) is 37.7. The van der Waals surface area contributed by atoms with Crippen LogP contribution < -0.4 is 35.5 Å². The molecule has 15 nitrogen and oxygen atoms in total. The second-order valence-corrected chi connectivity index (χ2v) is 12.5. The highest BCUT2D eigenvalue weighted by Gasteiger charge is 2.30. The number of hydrogen-bond donors (Lipinski definition) is 4. The molecule has 0 saturated heterocycles. The van der Waals surface area contributed by atoms with E-state index < -0.39 is 48.4 Å². The molecule has 2 aliphatic heterocycles. The molecule has 282 valence electrons. The molecule has 1 atom stereocenters. The molecule has 2 aromatic carbocycles. The molecule has 4 N–H and O–H groups in total. The quantitative estimate of drug-likeness (QED) is 0.230. The number of ether oxygens (including phenoxy) is 5. The van der Waals surface area contributed by atoms with Crippen LogP contribution in [0.25, 0.3) is 0 Å². The molecular formula is C34H42F3N7O8. The fourth-order valence-corrected chi connectivity index (χ4v) is 4.62. The molecule has 0 unspecified atom stereocenters. The Morgan fingerprint density at radius 3 is 2.29 bits per heavy atom. The second-order valence-electron chi connectivity index (χ2n) is 12.5. The standard InChI is InChI=1S/C34H42F3N7O8/c1-33(2,3)52-32(47)39-19-25(28(46)48-4)41-27(45)24-14-11-22-17-26(24)50-16-8-6-5-7-15-49-23-12-9-21(10-13-23)18-38-29-42-30(40-22)44-31(43-29)51-20-34(35,36)37/h9-14,17,25H,5-8,15-16,18-20H2,1-4H3,(H,39,47)(H,41,45)(H2,38,40,42,43,44)/t25-/m1/s1. The van der Waals surface area contributed by atoms with E-state index in [1.807, 2.05) is 24.3 Å². The number of carbonyl (C=O) groups is 3. The third-order valence-electron chi connectivity index (χ3n) is 7.04. The summed E-state index contributed by atoms with van der Waals surface area (Å²) in [4.78, 5) is 50.5. The Balaban J connectivity index is 1.60. The van der Waals surface area contributed by atoms with Gasteiger partial charge in [0, 0.05) is 18.3 Å². The molecule has 2 aliphatic rings. The minimum Gasteiger partial charge on any atom is -0.494 e. The molecular weight excluding hydrogens is 691 g/mol. The lowest BCUT2D eigenvalue weighted by atomic mass is 10.1. The summed E-state index contributed by atoms with van der Waals surface area (Å²) < 4.78 is 65.6. The number of nitrogens with one attached hydrogen (secondary N) is 4. The van der Waals surface area contributed by atoms with Crippen LogP contribution in [0.5, 0.6) is 17.5 Å². The van der Waals surface area contributed by atoms with E-state index in [0.717, 1.165) is 31.9 Å². The van der Waals surface area contributed by atoms with Gasteiger partial charge in [0.2, 0.25) is 11.9 Å². The van der Waals surface area contributed by atoms with Crippen molar-refractivity contribution < 1.29 is 51.2 Å². The first-order chi connectivity index (χ1) is 24.7. The molecule has 3 aromatic rings. The number of methoxy groups -OCH3 is 1. The van der Waals surface area contributed by atoms with Gasteiger partial charge in [0.15, 0.2) is 6.61 Å². The molecule has 1 aromatic heterocycles. The van der Waals surface area contributed by atoms with Gasteiger partial charge in [-0.15, -0.1) is 0 Å². The summed E-state index contributed by atoms with van der Waals surface area (Å²) in [6.45, 7) is 4.04. The fourth-order valence-electron chi connectivity index (χ4n) is 4.62. The molecule has 3 heterocycles. The van der Waals surface area contributed by atoms with Gasteiger partial charge in [-0.25, -0.2) is 9.59 Å². The van der Waals surface area contributed by atoms with Crippen LogP contribution in [0.2, 0.25) is 0 Å². The molecule has 0 radical (unpaired) electrons. The maximum Gasteiger partial charge on any atom is 0.422 e. The average Bonchev–Trinajstić information content (AvgIpc) is 3.08.